The van der Waals surface area contributed by atoms with E-state index in [1.165, 1.54) is 22.9 Å². The molecular weight excluding hydrogens is 330 g/mol. The van der Waals surface area contributed by atoms with E-state index in [-0.39, 0.29) is 5.91 Å². The number of carbonyl (C=O) groups excluding carboxylic acids is 1. The Kier molecular flexibility index (Phi) is 5.56. The van der Waals surface area contributed by atoms with Crippen LogP contribution in [-0.2, 0) is 11.3 Å². The molecule has 0 atom stereocenters. The number of aromatic nitrogens is 2. The molecule has 0 saturated heterocycles. The summed E-state index contributed by atoms with van der Waals surface area (Å²) in [4.78, 5) is 16.6. The summed E-state index contributed by atoms with van der Waals surface area (Å²) in [7, 11) is 0. The van der Waals surface area contributed by atoms with Crippen molar-refractivity contribution >= 4 is 23.4 Å². The van der Waals surface area contributed by atoms with Crippen molar-refractivity contribution in [2.45, 2.75) is 25.5 Å². The van der Waals surface area contributed by atoms with E-state index in [4.69, 9.17) is 0 Å². The average molecular weight is 351 g/mol. The summed E-state index contributed by atoms with van der Waals surface area (Å²) in [5.74, 6) is 0.312. The Morgan fingerprint density at radius 1 is 1.12 bits per heavy atom. The third-order valence-electron chi connectivity index (χ3n) is 4.08. The molecule has 0 bridgehead atoms. The lowest BCUT2D eigenvalue weighted by atomic mass is 10.1. The van der Waals surface area contributed by atoms with Crippen LogP contribution >= 0.6 is 11.8 Å². The molecule has 4 nitrogen and oxygen atoms in total. The summed E-state index contributed by atoms with van der Waals surface area (Å²) in [6, 6.07) is 16.2. The van der Waals surface area contributed by atoms with E-state index in [9.17, 15) is 4.79 Å². The molecular formula is C20H21N3OS. The van der Waals surface area contributed by atoms with Gasteiger partial charge in [0, 0.05) is 24.6 Å². The largest absolute Gasteiger partial charge is 0.325 e. The van der Waals surface area contributed by atoms with Crippen molar-refractivity contribution in [1.82, 2.24) is 9.55 Å². The lowest BCUT2D eigenvalue weighted by Gasteiger charge is -2.11. The summed E-state index contributed by atoms with van der Waals surface area (Å²) < 4.78 is 2.06. The Morgan fingerprint density at radius 2 is 1.92 bits per heavy atom. The van der Waals surface area contributed by atoms with Gasteiger partial charge in [-0.05, 0) is 36.6 Å². The van der Waals surface area contributed by atoms with Crippen LogP contribution in [0.15, 0.2) is 66.1 Å². The van der Waals surface area contributed by atoms with Gasteiger partial charge in [-0.1, -0.05) is 54.2 Å². The van der Waals surface area contributed by atoms with Crippen LogP contribution < -0.4 is 5.32 Å². The van der Waals surface area contributed by atoms with Crippen LogP contribution in [0.3, 0.4) is 0 Å². The first-order chi connectivity index (χ1) is 12.1. The molecule has 3 aromatic rings. The van der Waals surface area contributed by atoms with Gasteiger partial charge in [0.15, 0.2) is 5.16 Å². The number of nitrogens with zero attached hydrogens (tertiary/aromatic N) is 2. The third-order valence-corrected chi connectivity index (χ3v) is 5.09. The van der Waals surface area contributed by atoms with Crippen molar-refractivity contribution in [3.63, 3.8) is 0 Å². The Labute approximate surface area is 152 Å². The number of aryl methyl sites for hydroxylation is 1. The van der Waals surface area contributed by atoms with E-state index in [2.05, 4.69) is 27.0 Å². The standard InChI is InChI=1S/C20H21N3OS/c1-15-7-6-10-18(16(15)2)22-19(24)14-25-20-21-11-12-23(20)13-17-8-4-3-5-9-17/h3-12H,13-14H2,1-2H3,(H,22,24). The van der Waals surface area contributed by atoms with Gasteiger partial charge >= 0.3 is 0 Å². The molecule has 0 aliphatic carbocycles. The monoisotopic (exact) mass is 351 g/mol. The van der Waals surface area contributed by atoms with Gasteiger partial charge < -0.3 is 9.88 Å². The number of benzene rings is 2. The first-order valence-corrected chi connectivity index (χ1v) is 9.16. The van der Waals surface area contributed by atoms with Crippen molar-refractivity contribution in [3.8, 4) is 0 Å². The lowest BCUT2D eigenvalue weighted by Crippen LogP contribution is -2.15. The molecule has 0 unspecified atom stereocenters. The Morgan fingerprint density at radius 3 is 2.72 bits per heavy atom. The highest BCUT2D eigenvalue weighted by atomic mass is 32.2. The number of anilines is 1. The van der Waals surface area contributed by atoms with E-state index in [1.54, 1.807) is 6.20 Å². The fraction of sp³-hybridized carbons (Fsp3) is 0.200. The quantitative estimate of drug-likeness (QED) is 0.674. The second kappa shape index (κ2) is 8.03. The molecule has 1 aromatic heterocycles. The minimum atomic E-state index is -0.0204. The smallest absolute Gasteiger partial charge is 0.234 e. The maximum atomic E-state index is 12.3. The van der Waals surface area contributed by atoms with Gasteiger partial charge in [0.25, 0.3) is 0 Å². The topological polar surface area (TPSA) is 46.9 Å². The molecule has 0 saturated carbocycles. The highest BCUT2D eigenvalue weighted by Gasteiger charge is 2.10. The molecule has 0 fully saturated rings. The second-order valence-corrected chi connectivity index (χ2v) is 6.85. The van der Waals surface area contributed by atoms with Crippen molar-refractivity contribution in [2.75, 3.05) is 11.1 Å². The van der Waals surface area contributed by atoms with Crippen LogP contribution in [0.2, 0.25) is 0 Å². The summed E-state index contributed by atoms with van der Waals surface area (Å²) >= 11 is 1.45. The van der Waals surface area contributed by atoms with Crippen LogP contribution in [0.25, 0.3) is 0 Å². The molecule has 0 radical (unpaired) electrons. The molecule has 2 aromatic carbocycles. The molecule has 25 heavy (non-hydrogen) atoms. The fourth-order valence-electron chi connectivity index (χ4n) is 2.54. The molecule has 128 valence electrons. The predicted octanol–water partition coefficient (Wildman–Crippen LogP) is 4.28. The zero-order valence-electron chi connectivity index (χ0n) is 14.4. The fourth-order valence-corrected chi connectivity index (χ4v) is 3.30. The van der Waals surface area contributed by atoms with Crippen molar-refractivity contribution < 1.29 is 4.79 Å². The van der Waals surface area contributed by atoms with Gasteiger partial charge in [-0.2, -0.15) is 0 Å². The number of thioether (sulfide) groups is 1. The predicted molar refractivity (Wildman–Crippen MR) is 103 cm³/mol. The highest BCUT2D eigenvalue weighted by Crippen LogP contribution is 2.20. The minimum absolute atomic E-state index is 0.0204. The van der Waals surface area contributed by atoms with Gasteiger partial charge in [0.05, 0.1) is 5.75 Å². The van der Waals surface area contributed by atoms with Crippen LogP contribution in [0, 0.1) is 13.8 Å². The number of amides is 1. The van der Waals surface area contributed by atoms with Crippen LogP contribution in [0.5, 0.6) is 0 Å². The number of carbonyl (C=O) groups is 1. The number of hydrogen-bond donors (Lipinski definition) is 1. The number of nitrogens with one attached hydrogen (secondary N) is 1. The molecule has 0 aliphatic heterocycles. The van der Waals surface area contributed by atoms with Gasteiger partial charge in [-0.15, -0.1) is 0 Å². The molecule has 1 amide bonds. The molecule has 1 heterocycles. The van der Waals surface area contributed by atoms with Crippen LogP contribution in [0.4, 0.5) is 5.69 Å². The van der Waals surface area contributed by atoms with Crippen LogP contribution in [-0.4, -0.2) is 21.2 Å². The average Bonchev–Trinajstić information content (AvgIpc) is 3.05. The first kappa shape index (κ1) is 17.3. The Balaban J connectivity index is 1.60. The molecule has 0 spiro atoms. The van der Waals surface area contributed by atoms with E-state index in [0.717, 1.165) is 23.0 Å². The zero-order valence-corrected chi connectivity index (χ0v) is 15.2. The zero-order chi connectivity index (χ0) is 17.6. The summed E-state index contributed by atoms with van der Waals surface area (Å²) in [5.41, 5.74) is 4.36. The number of imidazole rings is 1. The number of hydrogen-bond acceptors (Lipinski definition) is 3. The van der Waals surface area contributed by atoms with Gasteiger partial charge in [-0.3, -0.25) is 4.79 Å². The summed E-state index contributed by atoms with van der Waals surface area (Å²) in [6.45, 7) is 4.81. The Hall–Kier alpha value is -2.53. The van der Waals surface area contributed by atoms with Crippen LogP contribution in [0.1, 0.15) is 16.7 Å². The summed E-state index contributed by atoms with van der Waals surface area (Å²) in [6.07, 6.45) is 3.71. The summed E-state index contributed by atoms with van der Waals surface area (Å²) in [5, 5.41) is 3.83. The third kappa shape index (κ3) is 4.51. The van der Waals surface area contributed by atoms with Gasteiger partial charge in [-0.25, -0.2) is 4.98 Å². The molecule has 5 heteroatoms. The minimum Gasteiger partial charge on any atom is -0.325 e. The van der Waals surface area contributed by atoms with Crippen molar-refractivity contribution in [2.24, 2.45) is 0 Å². The van der Waals surface area contributed by atoms with E-state index in [1.807, 2.05) is 56.4 Å². The lowest BCUT2D eigenvalue weighted by molar-refractivity contribution is -0.113. The maximum absolute atomic E-state index is 12.3. The maximum Gasteiger partial charge on any atom is 0.234 e. The number of rotatable bonds is 6. The van der Waals surface area contributed by atoms with E-state index >= 15 is 0 Å². The SMILES string of the molecule is Cc1cccc(NC(=O)CSc2nccn2Cc2ccccc2)c1C. The van der Waals surface area contributed by atoms with Gasteiger partial charge in [0.2, 0.25) is 5.91 Å². The highest BCUT2D eigenvalue weighted by molar-refractivity contribution is 7.99. The van der Waals surface area contributed by atoms with Crippen molar-refractivity contribution in [1.29, 1.82) is 0 Å². The Bertz CT molecular complexity index is 858. The van der Waals surface area contributed by atoms with E-state index < -0.39 is 0 Å². The second-order valence-electron chi connectivity index (χ2n) is 5.91. The molecule has 3 rings (SSSR count). The normalized spacial score (nSPS) is 10.6. The van der Waals surface area contributed by atoms with Crippen molar-refractivity contribution in [3.05, 3.63) is 77.6 Å². The molecule has 1 N–H and O–H groups in total. The van der Waals surface area contributed by atoms with E-state index in [0.29, 0.717) is 5.75 Å². The first-order valence-electron chi connectivity index (χ1n) is 8.17. The van der Waals surface area contributed by atoms with Gasteiger partial charge in [0.1, 0.15) is 0 Å². The molecule has 0 aliphatic rings.